The standard InChI is InChI=1S/C14H16O7/c1-18-9-4-7(5-10(19-2)13(9)20-3)12-8(14(16)17)6-11(15)21-12/h4-5,8,12H,6H2,1-3H3,(H,16,17)/t8-,12+/m0/s1. The molecule has 1 aliphatic rings. The summed E-state index contributed by atoms with van der Waals surface area (Å²) in [5.41, 5.74) is 0.489. The first-order chi connectivity index (χ1) is 10.0. The second-order valence-electron chi connectivity index (χ2n) is 4.52. The number of benzene rings is 1. The highest BCUT2D eigenvalue weighted by Gasteiger charge is 2.41. The topological polar surface area (TPSA) is 91.3 Å². The van der Waals surface area contributed by atoms with Crippen LogP contribution >= 0.6 is 0 Å². The van der Waals surface area contributed by atoms with E-state index >= 15 is 0 Å². The van der Waals surface area contributed by atoms with Crippen LogP contribution in [-0.2, 0) is 14.3 Å². The van der Waals surface area contributed by atoms with E-state index < -0.39 is 24.0 Å². The van der Waals surface area contributed by atoms with Crippen LogP contribution in [0.1, 0.15) is 18.1 Å². The summed E-state index contributed by atoms with van der Waals surface area (Å²) < 4.78 is 20.7. The van der Waals surface area contributed by atoms with E-state index in [-0.39, 0.29) is 6.42 Å². The molecular weight excluding hydrogens is 280 g/mol. The Kier molecular flexibility index (Phi) is 4.21. The molecular formula is C14H16O7. The summed E-state index contributed by atoms with van der Waals surface area (Å²) in [6.45, 7) is 0. The van der Waals surface area contributed by atoms with Crippen LogP contribution in [0.3, 0.4) is 0 Å². The lowest BCUT2D eigenvalue weighted by Crippen LogP contribution is -2.17. The van der Waals surface area contributed by atoms with Gasteiger partial charge in [-0.3, -0.25) is 9.59 Å². The quantitative estimate of drug-likeness (QED) is 0.821. The van der Waals surface area contributed by atoms with Gasteiger partial charge in [-0.05, 0) is 12.1 Å². The third-order valence-corrected chi connectivity index (χ3v) is 3.34. The molecule has 1 aromatic carbocycles. The lowest BCUT2D eigenvalue weighted by molar-refractivity contribution is -0.144. The normalized spacial score (nSPS) is 20.8. The molecule has 0 amide bonds. The van der Waals surface area contributed by atoms with Gasteiger partial charge in [-0.25, -0.2) is 0 Å². The molecule has 0 spiro atoms. The summed E-state index contributed by atoms with van der Waals surface area (Å²) in [6.07, 6.45) is -1.03. The van der Waals surface area contributed by atoms with Crippen molar-refractivity contribution in [2.45, 2.75) is 12.5 Å². The number of hydrogen-bond donors (Lipinski definition) is 1. The van der Waals surface area contributed by atoms with Crippen LogP contribution in [0.5, 0.6) is 17.2 Å². The van der Waals surface area contributed by atoms with Crippen LogP contribution in [-0.4, -0.2) is 38.4 Å². The van der Waals surface area contributed by atoms with Gasteiger partial charge in [0.1, 0.15) is 12.0 Å². The van der Waals surface area contributed by atoms with E-state index in [1.807, 2.05) is 0 Å². The molecule has 0 aliphatic carbocycles. The van der Waals surface area contributed by atoms with Crippen molar-refractivity contribution in [2.75, 3.05) is 21.3 Å². The maximum absolute atomic E-state index is 11.4. The summed E-state index contributed by atoms with van der Waals surface area (Å²) in [4.78, 5) is 22.6. The van der Waals surface area contributed by atoms with Gasteiger partial charge in [0.05, 0.1) is 27.8 Å². The minimum atomic E-state index is -1.08. The smallest absolute Gasteiger partial charge is 0.311 e. The van der Waals surface area contributed by atoms with Crippen molar-refractivity contribution in [1.82, 2.24) is 0 Å². The van der Waals surface area contributed by atoms with Crippen molar-refractivity contribution in [3.63, 3.8) is 0 Å². The fraction of sp³-hybridized carbons (Fsp3) is 0.429. The van der Waals surface area contributed by atoms with E-state index in [0.717, 1.165) is 0 Å². The molecule has 1 N–H and O–H groups in total. The Hall–Kier alpha value is -2.44. The number of aliphatic carboxylic acids is 1. The van der Waals surface area contributed by atoms with Crippen molar-refractivity contribution in [3.8, 4) is 17.2 Å². The van der Waals surface area contributed by atoms with E-state index in [2.05, 4.69) is 0 Å². The number of esters is 1. The number of carbonyl (C=O) groups excluding carboxylic acids is 1. The van der Waals surface area contributed by atoms with Crippen LogP contribution in [0.4, 0.5) is 0 Å². The first-order valence-electron chi connectivity index (χ1n) is 6.24. The van der Waals surface area contributed by atoms with Gasteiger partial charge in [0.25, 0.3) is 0 Å². The summed E-state index contributed by atoms with van der Waals surface area (Å²) in [5.74, 6) is -1.42. The zero-order chi connectivity index (χ0) is 15.6. The molecule has 0 aromatic heterocycles. The predicted octanol–water partition coefficient (Wildman–Crippen LogP) is 1.40. The third kappa shape index (κ3) is 2.72. The Morgan fingerprint density at radius 2 is 1.76 bits per heavy atom. The van der Waals surface area contributed by atoms with E-state index in [1.54, 1.807) is 12.1 Å². The first kappa shape index (κ1) is 15.0. The van der Waals surface area contributed by atoms with Crippen LogP contribution < -0.4 is 14.2 Å². The molecule has 114 valence electrons. The van der Waals surface area contributed by atoms with Crippen LogP contribution in [0.15, 0.2) is 12.1 Å². The maximum atomic E-state index is 11.4. The molecule has 0 radical (unpaired) electrons. The average Bonchev–Trinajstić information content (AvgIpc) is 2.87. The Morgan fingerprint density at radius 1 is 1.19 bits per heavy atom. The Labute approximate surface area is 121 Å². The van der Waals surface area contributed by atoms with Gasteiger partial charge < -0.3 is 24.1 Å². The minimum Gasteiger partial charge on any atom is -0.493 e. The number of rotatable bonds is 5. The molecule has 0 bridgehead atoms. The monoisotopic (exact) mass is 296 g/mol. The van der Waals surface area contributed by atoms with Gasteiger partial charge >= 0.3 is 11.9 Å². The number of methoxy groups -OCH3 is 3. The van der Waals surface area contributed by atoms with Gasteiger partial charge in [-0.1, -0.05) is 0 Å². The molecule has 2 atom stereocenters. The third-order valence-electron chi connectivity index (χ3n) is 3.34. The molecule has 0 unspecified atom stereocenters. The molecule has 21 heavy (non-hydrogen) atoms. The van der Waals surface area contributed by atoms with Crippen molar-refractivity contribution in [2.24, 2.45) is 5.92 Å². The van der Waals surface area contributed by atoms with Crippen molar-refractivity contribution >= 4 is 11.9 Å². The van der Waals surface area contributed by atoms with Crippen molar-refractivity contribution in [1.29, 1.82) is 0 Å². The van der Waals surface area contributed by atoms with E-state index in [0.29, 0.717) is 22.8 Å². The highest BCUT2D eigenvalue weighted by atomic mass is 16.6. The lowest BCUT2D eigenvalue weighted by Gasteiger charge is -2.18. The Bertz CT molecular complexity index is 541. The summed E-state index contributed by atoms with van der Waals surface area (Å²) in [6, 6.07) is 3.17. The highest BCUT2D eigenvalue weighted by Crippen LogP contribution is 2.44. The number of hydrogen-bond acceptors (Lipinski definition) is 6. The number of carboxylic acids is 1. The van der Waals surface area contributed by atoms with Gasteiger partial charge in [0.15, 0.2) is 11.5 Å². The fourth-order valence-electron chi connectivity index (χ4n) is 2.34. The largest absolute Gasteiger partial charge is 0.493 e. The van der Waals surface area contributed by atoms with E-state index in [9.17, 15) is 14.7 Å². The average molecular weight is 296 g/mol. The van der Waals surface area contributed by atoms with Crippen LogP contribution in [0.25, 0.3) is 0 Å². The Morgan fingerprint density at radius 3 is 2.19 bits per heavy atom. The SMILES string of the molecule is COc1cc([C@H]2OC(=O)C[C@@H]2C(=O)O)cc(OC)c1OC. The maximum Gasteiger partial charge on any atom is 0.311 e. The second-order valence-corrected chi connectivity index (χ2v) is 4.52. The molecule has 7 heteroatoms. The predicted molar refractivity (Wildman–Crippen MR) is 70.7 cm³/mol. The molecule has 0 saturated carbocycles. The number of carboxylic acid groups (broad SMARTS) is 1. The zero-order valence-electron chi connectivity index (χ0n) is 11.9. The molecule has 1 fully saturated rings. The van der Waals surface area contributed by atoms with Gasteiger partial charge in [0, 0.05) is 5.56 Å². The van der Waals surface area contributed by atoms with Crippen LogP contribution in [0, 0.1) is 5.92 Å². The number of carbonyl (C=O) groups is 2. The minimum absolute atomic E-state index is 0.156. The second kappa shape index (κ2) is 5.90. The number of ether oxygens (including phenoxy) is 4. The lowest BCUT2D eigenvalue weighted by atomic mass is 9.95. The molecule has 2 rings (SSSR count). The fourth-order valence-corrected chi connectivity index (χ4v) is 2.34. The van der Waals surface area contributed by atoms with Gasteiger partial charge in [-0.15, -0.1) is 0 Å². The van der Waals surface area contributed by atoms with Crippen LogP contribution in [0.2, 0.25) is 0 Å². The molecule has 1 saturated heterocycles. The molecule has 1 aliphatic heterocycles. The molecule has 1 heterocycles. The number of cyclic esters (lactones) is 1. The van der Waals surface area contributed by atoms with E-state index in [1.165, 1.54) is 21.3 Å². The van der Waals surface area contributed by atoms with E-state index in [4.69, 9.17) is 18.9 Å². The zero-order valence-corrected chi connectivity index (χ0v) is 11.9. The van der Waals surface area contributed by atoms with Gasteiger partial charge in [-0.2, -0.15) is 0 Å². The highest BCUT2D eigenvalue weighted by molar-refractivity contribution is 5.83. The van der Waals surface area contributed by atoms with Crippen molar-refractivity contribution < 1.29 is 33.6 Å². The first-order valence-corrected chi connectivity index (χ1v) is 6.24. The molecule has 1 aromatic rings. The van der Waals surface area contributed by atoms with Crippen molar-refractivity contribution in [3.05, 3.63) is 17.7 Å². The summed E-state index contributed by atoms with van der Waals surface area (Å²) in [7, 11) is 4.38. The molecule has 7 nitrogen and oxygen atoms in total. The Balaban J connectivity index is 2.48. The summed E-state index contributed by atoms with van der Waals surface area (Å²) in [5, 5.41) is 9.20. The van der Waals surface area contributed by atoms with Gasteiger partial charge in [0.2, 0.25) is 5.75 Å². The summed E-state index contributed by atoms with van der Waals surface area (Å²) >= 11 is 0.